The van der Waals surface area contributed by atoms with Crippen molar-refractivity contribution in [3.63, 3.8) is 0 Å². The SMILES string of the molecule is CCCNC(C)(CC(C)N(C)CCC(F)(F)F)C(N)=O. The van der Waals surface area contributed by atoms with Gasteiger partial charge in [-0.05, 0) is 40.3 Å². The predicted molar refractivity (Wildman–Crippen MR) is 73.3 cm³/mol. The molecule has 0 aromatic heterocycles. The number of carbonyl (C=O) groups is 1. The van der Waals surface area contributed by atoms with Crippen LogP contribution in [0.1, 0.15) is 40.0 Å². The Hall–Kier alpha value is -0.820. The quantitative estimate of drug-likeness (QED) is 0.683. The van der Waals surface area contributed by atoms with Crippen LogP contribution in [0.5, 0.6) is 0 Å². The molecule has 0 fully saturated rings. The van der Waals surface area contributed by atoms with E-state index in [0.717, 1.165) is 6.42 Å². The van der Waals surface area contributed by atoms with Gasteiger partial charge in [-0.25, -0.2) is 0 Å². The highest BCUT2D eigenvalue weighted by Gasteiger charge is 2.34. The highest BCUT2D eigenvalue weighted by atomic mass is 19.4. The maximum atomic E-state index is 12.2. The molecule has 0 aromatic rings. The molecule has 4 nitrogen and oxygen atoms in total. The molecule has 0 aliphatic carbocycles. The highest BCUT2D eigenvalue weighted by Crippen LogP contribution is 2.21. The Kier molecular flexibility index (Phi) is 7.51. The zero-order valence-corrected chi connectivity index (χ0v) is 12.7. The van der Waals surface area contributed by atoms with Crippen LogP contribution in [-0.4, -0.2) is 48.7 Å². The van der Waals surface area contributed by atoms with E-state index in [0.29, 0.717) is 13.0 Å². The number of amides is 1. The fourth-order valence-electron chi connectivity index (χ4n) is 1.93. The Morgan fingerprint density at radius 1 is 1.40 bits per heavy atom. The van der Waals surface area contributed by atoms with Gasteiger partial charge in [0.2, 0.25) is 5.91 Å². The summed E-state index contributed by atoms with van der Waals surface area (Å²) in [6.07, 6.45) is -3.80. The van der Waals surface area contributed by atoms with E-state index < -0.39 is 24.0 Å². The summed E-state index contributed by atoms with van der Waals surface area (Å²) < 4.78 is 36.6. The molecule has 0 spiro atoms. The van der Waals surface area contributed by atoms with Crippen LogP contribution in [0, 0.1) is 0 Å². The molecule has 1 amide bonds. The maximum Gasteiger partial charge on any atom is 0.390 e. The van der Waals surface area contributed by atoms with Gasteiger partial charge in [0.15, 0.2) is 0 Å². The van der Waals surface area contributed by atoms with Crippen LogP contribution in [0.15, 0.2) is 0 Å². The summed E-state index contributed by atoms with van der Waals surface area (Å²) in [6.45, 7) is 6.00. The molecule has 7 heteroatoms. The third-order valence-corrected chi connectivity index (χ3v) is 3.51. The van der Waals surface area contributed by atoms with Crippen LogP contribution in [0.2, 0.25) is 0 Å². The van der Waals surface area contributed by atoms with Crippen molar-refractivity contribution in [3.8, 4) is 0 Å². The first-order chi connectivity index (χ1) is 9.02. The lowest BCUT2D eigenvalue weighted by atomic mass is 9.92. The Morgan fingerprint density at radius 2 is 1.95 bits per heavy atom. The number of rotatable bonds is 9. The summed E-state index contributed by atoms with van der Waals surface area (Å²) >= 11 is 0. The first kappa shape index (κ1) is 19.2. The van der Waals surface area contributed by atoms with Gasteiger partial charge in [-0.15, -0.1) is 0 Å². The maximum absolute atomic E-state index is 12.2. The zero-order valence-electron chi connectivity index (χ0n) is 12.7. The zero-order chi connectivity index (χ0) is 16.0. The van der Waals surface area contributed by atoms with E-state index in [4.69, 9.17) is 5.73 Å². The van der Waals surface area contributed by atoms with Gasteiger partial charge in [-0.1, -0.05) is 6.92 Å². The predicted octanol–water partition coefficient (Wildman–Crippen LogP) is 1.89. The fourth-order valence-corrected chi connectivity index (χ4v) is 1.93. The molecule has 120 valence electrons. The molecule has 0 aliphatic rings. The molecule has 3 N–H and O–H groups in total. The second-order valence-electron chi connectivity index (χ2n) is 5.52. The molecule has 0 aliphatic heterocycles. The lowest BCUT2D eigenvalue weighted by Crippen LogP contribution is -2.56. The number of hydrogen-bond acceptors (Lipinski definition) is 3. The average Bonchev–Trinajstić information content (AvgIpc) is 2.32. The van der Waals surface area contributed by atoms with Crippen molar-refractivity contribution >= 4 is 5.91 Å². The van der Waals surface area contributed by atoms with Crippen molar-refractivity contribution in [2.24, 2.45) is 5.73 Å². The highest BCUT2D eigenvalue weighted by molar-refractivity contribution is 5.84. The van der Waals surface area contributed by atoms with Gasteiger partial charge in [0.25, 0.3) is 0 Å². The summed E-state index contributed by atoms with van der Waals surface area (Å²) in [5.41, 5.74) is 4.50. The first-order valence-electron chi connectivity index (χ1n) is 6.83. The van der Waals surface area contributed by atoms with Crippen molar-refractivity contribution in [1.29, 1.82) is 0 Å². The number of nitrogens with one attached hydrogen (secondary N) is 1. The van der Waals surface area contributed by atoms with Crippen LogP contribution in [0.25, 0.3) is 0 Å². The van der Waals surface area contributed by atoms with E-state index in [9.17, 15) is 18.0 Å². The van der Waals surface area contributed by atoms with E-state index in [1.807, 2.05) is 6.92 Å². The van der Waals surface area contributed by atoms with Gasteiger partial charge in [-0.2, -0.15) is 13.2 Å². The minimum atomic E-state index is -4.17. The largest absolute Gasteiger partial charge is 0.390 e. The number of nitrogens with zero attached hydrogens (tertiary/aromatic N) is 1. The van der Waals surface area contributed by atoms with Crippen LogP contribution in [0.4, 0.5) is 13.2 Å². The van der Waals surface area contributed by atoms with Crippen LogP contribution >= 0.6 is 0 Å². The van der Waals surface area contributed by atoms with E-state index in [1.54, 1.807) is 25.8 Å². The topological polar surface area (TPSA) is 58.4 Å². The van der Waals surface area contributed by atoms with Gasteiger partial charge < -0.3 is 16.0 Å². The van der Waals surface area contributed by atoms with Crippen LogP contribution in [0.3, 0.4) is 0 Å². The summed E-state index contributed by atoms with van der Waals surface area (Å²) in [5.74, 6) is -0.484. The lowest BCUT2D eigenvalue weighted by Gasteiger charge is -2.34. The number of alkyl halides is 3. The molecule has 0 saturated carbocycles. The molecular weight excluding hydrogens is 271 g/mol. The third kappa shape index (κ3) is 7.09. The smallest absolute Gasteiger partial charge is 0.368 e. The average molecular weight is 297 g/mol. The second kappa shape index (κ2) is 7.83. The molecule has 0 heterocycles. The van der Waals surface area contributed by atoms with Crippen molar-refractivity contribution < 1.29 is 18.0 Å². The monoisotopic (exact) mass is 297 g/mol. The Balaban J connectivity index is 4.51. The van der Waals surface area contributed by atoms with E-state index in [-0.39, 0.29) is 12.6 Å². The molecule has 0 aromatic carbocycles. The minimum Gasteiger partial charge on any atom is -0.368 e. The first-order valence-corrected chi connectivity index (χ1v) is 6.83. The van der Waals surface area contributed by atoms with Crippen LogP contribution < -0.4 is 11.1 Å². The van der Waals surface area contributed by atoms with Crippen molar-refractivity contribution in [3.05, 3.63) is 0 Å². The number of nitrogens with two attached hydrogens (primary N) is 1. The molecule has 0 rings (SSSR count). The molecule has 0 bridgehead atoms. The van der Waals surface area contributed by atoms with Crippen LogP contribution in [-0.2, 0) is 4.79 Å². The van der Waals surface area contributed by atoms with E-state index in [1.165, 1.54) is 0 Å². The standard InChI is InChI=1S/C13H26F3N3O/c1-5-7-18-12(3,11(17)20)9-10(2)19(4)8-6-13(14,15)16/h10,18H,5-9H2,1-4H3,(H2,17,20). The molecule has 0 radical (unpaired) electrons. The molecule has 2 unspecified atom stereocenters. The van der Waals surface area contributed by atoms with Gasteiger partial charge >= 0.3 is 6.18 Å². The Bertz CT molecular complexity index is 310. The molecular formula is C13H26F3N3O. The van der Waals surface area contributed by atoms with Crippen molar-refractivity contribution in [1.82, 2.24) is 10.2 Å². The Labute approximate surface area is 118 Å². The third-order valence-electron chi connectivity index (χ3n) is 3.51. The van der Waals surface area contributed by atoms with E-state index in [2.05, 4.69) is 5.32 Å². The van der Waals surface area contributed by atoms with Gasteiger partial charge in [-0.3, -0.25) is 4.79 Å². The van der Waals surface area contributed by atoms with Crippen molar-refractivity contribution in [2.45, 2.75) is 57.8 Å². The van der Waals surface area contributed by atoms with Gasteiger partial charge in [0.05, 0.1) is 12.0 Å². The summed E-state index contributed by atoms with van der Waals surface area (Å²) in [6, 6.07) is -0.181. The summed E-state index contributed by atoms with van der Waals surface area (Å²) in [7, 11) is 1.62. The van der Waals surface area contributed by atoms with Gasteiger partial charge in [0.1, 0.15) is 0 Å². The summed E-state index contributed by atoms with van der Waals surface area (Å²) in [5, 5.41) is 3.08. The number of halogens is 3. The normalized spacial score (nSPS) is 17.0. The number of primary amides is 1. The Morgan fingerprint density at radius 3 is 2.35 bits per heavy atom. The van der Waals surface area contributed by atoms with Crippen molar-refractivity contribution in [2.75, 3.05) is 20.1 Å². The molecule has 20 heavy (non-hydrogen) atoms. The summed E-state index contributed by atoms with van der Waals surface area (Å²) in [4.78, 5) is 13.2. The fraction of sp³-hybridized carbons (Fsp3) is 0.923. The lowest BCUT2D eigenvalue weighted by molar-refractivity contribution is -0.138. The second-order valence-corrected chi connectivity index (χ2v) is 5.52. The van der Waals surface area contributed by atoms with Gasteiger partial charge in [0, 0.05) is 12.6 Å². The molecule has 2 atom stereocenters. The van der Waals surface area contributed by atoms with E-state index >= 15 is 0 Å². The number of carbonyl (C=O) groups excluding carboxylic acids is 1. The number of hydrogen-bond donors (Lipinski definition) is 2. The molecule has 0 saturated heterocycles. The minimum absolute atomic E-state index is 0.0900.